The Morgan fingerprint density at radius 2 is 2.13 bits per heavy atom. The number of methoxy groups -OCH3 is 1. The number of pyridine rings is 1. The van der Waals surface area contributed by atoms with E-state index in [1.165, 1.54) is 0 Å². The molecule has 2 amide bonds. The van der Waals surface area contributed by atoms with Crippen LogP contribution in [0.2, 0.25) is 0 Å². The molecule has 1 aromatic rings. The summed E-state index contributed by atoms with van der Waals surface area (Å²) in [4.78, 5) is 33.0. The van der Waals surface area contributed by atoms with E-state index in [-0.39, 0.29) is 17.9 Å². The van der Waals surface area contributed by atoms with Crippen molar-refractivity contribution in [3.8, 4) is 0 Å². The maximum absolute atomic E-state index is 12.7. The number of hydrogen-bond acceptors (Lipinski definition) is 4. The van der Waals surface area contributed by atoms with Crippen molar-refractivity contribution in [3.05, 3.63) is 30.1 Å². The van der Waals surface area contributed by atoms with Crippen LogP contribution in [0.15, 0.2) is 24.4 Å². The number of ether oxygens (including phenoxy) is 1. The number of piperidine rings is 1. The first-order valence-electron chi connectivity index (χ1n) is 8.17. The van der Waals surface area contributed by atoms with Crippen molar-refractivity contribution in [1.29, 1.82) is 0 Å². The van der Waals surface area contributed by atoms with Crippen molar-refractivity contribution in [2.24, 2.45) is 5.92 Å². The minimum atomic E-state index is -0.0336. The van der Waals surface area contributed by atoms with Gasteiger partial charge >= 0.3 is 0 Å². The molecular weight excluding hydrogens is 294 g/mol. The molecule has 2 atom stereocenters. The van der Waals surface area contributed by atoms with Crippen LogP contribution in [0, 0.1) is 5.92 Å². The molecule has 2 unspecified atom stereocenters. The molecule has 2 bridgehead atoms. The summed E-state index contributed by atoms with van der Waals surface area (Å²) in [6, 6.07) is 5.49. The molecule has 0 aromatic carbocycles. The van der Waals surface area contributed by atoms with Crippen LogP contribution in [0.25, 0.3) is 0 Å². The lowest BCUT2D eigenvalue weighted by atomic mass is 9.95. The lowest BCUT2D eigenvalue weighted by Gasteiger charge is -2.36. The topological polar surface area (TPSA) is 62.7 Å². The molecule has 0 radical (unpaired) electrons. The third-order valence-electron chi connectivity index (χ3n) is 4.73. The highest BCUT2D eigenvalue weighted by atomic mass is 16.5. The number of hydrogen-bond donors (Lipinski definition) is 0. The van der Waals surface area contributed by atoms with Crippen LogP contribution in [-0.4, -0.2) is 66.0 Å². The smallest absolute Gasteiger partial charge is 0.272 e. The van der Waals surface area contributed by atoms with Gasteiger partial charge in [-0.05, 0) is 30.9 Å². The van der Waals surface area contributed by atoms with Gasteiger partial charge in [0.25, 0.3) is 5.91 Å². The number of amides is 2. The summed E-state index contributed by atoms with van der Waals surface area (Å²) in [5, 5.41) is 0. The summed E-state index contributed by atoms with van der Waals surface area (Å²) in [6.07, 6.45) is 4.09. The molecule has 6 heteroatoms. The summed E-state index contributed by atoms with van der Waals surface area (Å²) >= 11 is 0. The Morgan fingerprint density at radius 3 is 2.87 bits per heavy atom. The lowest BCUT2D eigenvalue weighted by Crippen LogP contribution is -2.48. The second-order valence-electron chi connectivity index (χ2n) is 6.31. The van der Waals surface area contributed by atoms with E-state index in [1.807, 2.05) is 15.9 Å². The standard InChI is InChI=1S/C17H23N3O3/c1-23-9-7-16(21)20-11-13-5-6-14(20)12-19(10-13)17(22)15-4-2-3-8-18-15/h2-4,8,13-14H,5-7,9-12H2,1H3. The molecule has 0 spiro atoms. The Labute approximate surface area is 136 Å². The molecule has 0 saturated carbocycles. The van der Waals surface area contributed by atoms with E-state index in [4.69, 9.17) is 4.74 Å². The number of fused-ring (bicyclic) bond motifs is 4. The van der Waals surface area contributed by atoms with E-state index in [0.717, 1.165) is 19.4 Å². The van der Waals surface area contributed by atoms with Gasteiger partial charge in [0, 0.05) is 39.0 Å². The zero-order chi connectivity index (χ0) is 16.2. The van der Waals surface area contributed by atoms with Gasteiger partial charge in [-0.3, -0.25) is 14.6 Å². The van der Waals surface area contributed by atoms with E-state index in [1.54, 1.807) is 25.4 Å². The van der Waals surface area contributed by atoms with Gasteiger partial charge in [-0.2, -0.15) is 0 Å². The molecule has 3 aliphatic heterocycles. The molecule has 124 valence electrons. The molecule has 1 aromatic heterocycles. The number of rotatable bonds is 4. The molecule has 4 heterocycles. The van der Waals surface area contributed by atoms with Gasteiger partial charge in [0.15, 0.2) is 0 Å². The largest absolute Gasteiger partial charge is 0.384 e. The van der Waals surface area contributed by atoms with Gasteiger partial charge in [-0.15, -0.1) is 0 Å². The van der Waals surface area contributed by atoms with Crippen LogP contribution in [0.5, 0.6) is 0 Å². The average molecular weight is 317 g/mol. The minimum absolute atomic E-state index is 0.0336. The van der Waals surface area contributed by atoms with E-state index >= 15 is 0 Å². The van der Waals surface area contributed by atoms with E-state index in [2.05, 4.69) is 4.98 Å². The summed E-state index contributed by atoms with van der Waals surface area (Å²) in [7, 11) is 1.61. The molecule has 3 saturated heterocycles. The minimum Gasteiger partial charge on any atom is -0.384 e. The second kappa shape index (κ2) is 7.08. The van der Waals surface area contributed by atoms with Crippen LogP contribution in [0.4, 0.5) is 0 Å². The van der Waals surface area contributed by atoms with Crippen molar-refractivity contribution in [1.82, 2.24) is 14.8 Å². The zero-order valence-electron chi connectivity index (χ0n) is 13.5. The molecule has 3 fully saturated rings. The maximum atomic E-state index is 12.7. The van der Waals surface area contributed by atoms with Crippen molar-refractivity contribution in [2.75, 3.05) is 33.4 Å². The van der Waals surface area contributed by atoms with Crippen LogP contribution in [-0.2, 0) is 9.53 Å². The van der Waals surface area contributed by atoms with Crippen LogP contribution in [0.1, 0.15) is 29.8 Å². The first kappa shape index (κ1) is 15.9. The van der Waals surface area contributed by atoms with E-state index in [0.29, 0.717) is 37.7 Å². The molecule has 4 rings (SSSR count). The van der Waals surface area contributed by atoms with Gasteiger partial charge < -0.3 is 14.5 Å². The number of carbonyl (C=O) groups excluding carboxylic acids is 2. The normalized spacial score (nSPS) is 23.7. The lowest BCUT2D eigenvalue weighted by molar-refractivity contribution is -0.136. The van der Waals surface area contributed by atoms with Crippen LogP contribution < -0.4 is 0 Å². The van der Waals surface area contributed by atoms with Crippen molar-refractivity contribution >= 4 is 11.8 Å². The number of nitrogens with zero attached hydrogens (tertiary/aromatic N) is 3. The third kappa shape index (κ3) is 3.52. The molecule has 3 aliphatic rings. The Hall–Kier alpha value is -1.95. The SMILES string of the molecule is COCCC(=O)N1CC2CCC1CN(C(=O)c1ccccn1)C2. The van der Waals surface area contributed by atoms with Gasteiger partial charge in [0.05, 0.1) is 13.0 Å². The second-order valence-corrected chi connectivity index (χ2v) is 6.31. The highest BCUT2D eigenvalue weighted by Crippen LogP contribution is 2.29. The fraction of sp³-hybridized carbons (Fsp3) is 0.588. The summed E-state index contributed by atoms with van der Waals surface area (Å²) < 4.78 is 5.01. The predicted octanol–water partition coefficient (Wildman–Crippen LogP) is 1.18. The quantitative estimate of drug-likeness (QED) is 0.836. The third-order valence-corrected chi connectivity index (χ3v) is 4.73. The van der Waals surface area contributed by atoms with Gasteiger partial charge in [-0.1, -0.05) is 6.07 Å². The first-order valence-corrected chi connectivity index (χ1v) is 8.17. The number of aromatic nitrogens is 1. The Morgan fingerprint density at radius 1 is 1.26 bits per heavy atom. The predicted molar refractivity (Wildman–Crippen MR) is 84.9 cm³/mol. The molecule has 6 nitrogen and oxygen atoms in total. The van der Waals surface area contributed by atoms with Gasteiger partial charge in [-0.25, -0.2) is 0 Å². The summed E-state index contributed by atoms with van der Waals surface area (Å²) in [5.41, 5.74) is 0.478. The summed E-state index contributed by atoms with van der Waals surface area (Å²) in [5.74, 6) is 0.454. The average Bonchev–Trinajstić information content (AvgIpc) is 2.91. The molecule has 23 heavy (non-hydrogen) atoms. The van der Waals surface area contributed by atoms with Gasteiger partial charge in [0.1, 0.15) is 5.69 Å². The van der Waals surface area contributed by atoms with Crippen LogP contribution in [0.3, 0.4) is 0 Å². The fourth-order valence-corrected chi connectivity index (χ4v) is 3.54. The first-order chi connectivity index (χ1) is 11.2. The van der Waals surface area contributed by atoms with Gasteiger partial charge in [0.2, 0.25) is 5.91 Å². The van der Waals surface area contributed by atoms with E-state index in [9.17, 15) is 9.59 Å². The molecule has 0 N–H and O–H groups in total. The Kier molecular flexibility index (Phi) is 4.91. The monoisotopic (exact) mass is 317 g/mol. The van der Waals surface area contributed by atoms with Crippen molar-refractivity contribution < 1.29 is 14.3 Å². The molecular formula is C17H23N3O3. The molecule has 0 aliphatic carbocycles. The number of carbonyl (C=O) groups is 2. The zero-order valence-corrected chi connectivity index (χ0v) is 13.5. The van der Waals surface area contributed by atoms with Crippen molar-refractivity contribution in [3.63, 3.8) is 0 Å². The summed E-state index contributed by atoms with van der Waals surface area (Å²) in [6.45, 7) is 2.51. The highest BCUT2D eigenvalue weighted by Gasteiger charge is 2.38. The Balaban J connectivity index is 1.71. The highest BCUT2D eigenvalue weighted by molar-refractivity contribution is 5.92. The van der Waals surface area contributed by atoms with E-state index < -0.39 is 0 Å². The van der Waals surface area contributed by atoms with Crippen molar-refractivity contribution in [2.45, 2.75) is 25.3 Å². The fourth-order valence-electron chi connectivity index (χ4n) is 3.54. The maximum Gasteiger partial charge on any atom is 0.272 e. The Bertz CT molecular complexity index is 563. The van der Waals surface area contributed by atoms with Crippen LogP contribution >= 0.6 is 0 Å².